The van der Waals surface area contributed by atoms with Crippen LogP contribution in [0.2, 0.25) is 0 Å². The van der Waals surface area contributed by atoms with Crippen LogP contribution in [0, 0.1) is 6.92 Å². The van der Waals surface area contributed by atoms with E-state index in [4.69, 9.17) is 4.74 Å². The minimum atomic E-state index is 0.517. The van der Waals surface area contributed by atoms with E-state index in [-0.39, 0.29) is 0 Å². The number of allylic oxidation sites excluding steroid dienone is 1. The Hall–Kier alpha value is -2.67. The third-order valence-corrected chi connectivity index (χ3v) is 4.30. The zero-order valence-electron chi connectivity index (χ0n) is 14.5. The van der Waals surface area contributed by atoms with E-state index in [1.165, 1.54) is 5.56 Å². The molecule has 134 valence electrons. The molecule has 0 amide bonds. The average Bonchev–Trinajstić information content (AvgIpc) is 3.08. The molecule has 0 aliphatic rings. The van der Waals surface area contributed by atoms with Crippen LogP contribution in [0.15, 0.2) is 59.6 Å². The number of rotatable bonds is 8. The van der Waals surface area contributed by atoms with Crippen LogP contribution in [-0.4, -0.2) is 20.2 Å². The Bertz CT molecular complexity index is 876. The summed E-state index contributed by atoms with van der Waals surface area (Å²) >= 11 is 3.52. The molecule has 3 aromatic rings. The Morgan fingerprint density at radius 3 is 2.81 bits per heavy atom. The SMILES string of the molecule is C=CCn1nnnc1NCc1cc(Br)ccc1OCc1ccc(C)cc1. The van der Waals surface area contributed by atoms with E-state index < -0.39 is 0 Å². The van der Waals surface area contributed by atoms with Gasteiger partial charge in [-0.2, -0.15) is 0 Å². The standard InChI is InChI=1S/C19H20BrN5O/c1-3-10-25-19(22-23-24-25)21-12-16-11-17(20)8-9-18(16)26-13-15-6-4-14(2)5-7-15/h3-9,11H,1,10,12-13H2,2H3,(H,21,22,24). The number of hydrogen-bond acceptors (Lipinski definition) is 5. The predicted octanol–water partition coefficient (Wildman–Crippen LogP) is 4.12. The number of aryl methyl sites for hydroxylation is 1. The van der Waals surface area contributed by atoms with E-state index in [2.05, 4.69) is 74.5 Å². The average molecular weight is 414 g/mol. The number of aromatic nitrogens is 4. The van der Waals surface area contributed by atoms with Crippen molar-refractivity contribution >= 4 is 21.9 Å². The topological polar surface area (TPSA) is 64.9 Å². The molecule has 26 heavy (non-hydrogen) atoms. The second-order valence-corrected chi connectivity index (χ2v) is 6.77. The van der Waals surface area contributed by atoms with Crippen molar-refractivity contribution in [2.45, 2.75) is 26.6 Å². The molecule has 0 unspecified atom stereocenters. The zero-order valence-corrected chi connectivity index (χ0v) is 16.1. The van der Waals surface area contributed by atoms with Crippen LogP contribution in [0.25, 0.3) is 0 Å². The summed E-state index contributed by atoms with van der Waals surface area (Å²) in [6.45, 7) is 7.39. The molecule has 0 bridgehead atoms. The zero-order chi connectivity index (χ0) is 18.4. The maximum absolute atomic E-state index is 6.03. The molecule has 1 N–H and O–H groups in total. The summed E-state index contributed by atoms with van der Waals surface area (Å²) in [6.07, 6.45) is 1.75. The highest BCUT2D eigenvalue weighted by molar-refractivity contribution is 9.10. The van der Waals surface area contributed by atoms with Gasteiger partial charge in [0, 0.05) is 16.6 Å². The first kappa shape index (κ1) is 18.1. The molecule has 0 aliphatic heterocycles. The summed E-state index contributed by atoms with van der Waals surface area (Å²) in [5.41, 5.74) is 3.38. The van der Waals surface area contributed by atoms with Gasteiger partial charge in [-0.3, -0.25) is 0 Å². The lowest BCUT2D eigenvalue weighted by atomic mass is 10.1. The van der Waals surface area contributed by atoms with Crippen molar-refractivity contribution in [2.75, 3.05) is 5.32 Å². The van der Waals surface area contributed by atoms with Crippen LogP contribution < -0.4 is 10.1 Å². The van der Waals surface area contributed by atoms with Crippen LogP contribution >= 0.6 is 15.9 Å². The molecule has 1 heterocycles. The van der Waals surface area contributed by atoms with Gasteiger partial charge in [0.2, 0.25) is 5.95 Å². The first-order valence-electron chi connectivity index (χ1n) is 8.23. The second kappa shape index (κ2) is 8.62. The van der Waals surface area contributed by atoms with E-state index in [0.29, 0.717) is 25.6 Å². The molecule has 0 aliphatic carbocycles. The fraction of sp³-hybridized carbons (Fsp3) is 0.211. The van der Waals surface area contributed by atoms with Crippen LogP contribution in [-0.2, 0) is 19.7 Å². The largest absolute Gasteiger partial charge is 0.489 e. The Balaban J connectivity index is 1.70. The first-order chi connectivity index (χ1) is 12.7. The Kier molecular flexibility index (Phi) is 6.01. The highest BCUT2D eigenvalue weighted by Gasteiger charge is 2.09. The summed E-state index contributed by atoms with van der Waals surface area (Å²) in [6, 6.07) is 14.3. The lowest BCUT2D eigenvalue weighted by Crippen LogP contribution is -2.09. The molecule has 7 heteroatoms. The van der Waals surface area contributed by atoms with Crippen LogP contribution in [0.3, 0.4) is 0 Å². The number of anilines is 1. The minimum Gasteiger partial charge on any atom is -0.489 e. The van der Waals surface area contributed by atoms with Gasteiger partial charge in [0.25, 0.3) is 0 Å². The van der Waals surface area contributed by atoms with Gasteiger partial charge in [-0.15, -0.1) is 6.58 Å². The van der Waals surface area contributed by atoms with Gasteiger partial charge in [0.15, 0.2) is 0 Å². The van der Waals surface area contributed by atoms with E-state index in [0.717, 1.165) is 21.3 Å². The van der Waals surface area contributed by atoms with Gasteiger partial charge in [-0.25, -0.2) is 4.68 Å². The molecule has 0 radical (unpaired) electrons. The fourth-order valence-electron chi connectivity index (χ4n) is 2.42. The molecule has 0 atom stereocenters. The number of nitrogens with zero attached hydrogens (tertiary/aromatic N) is 4. The number of nitrogens with one attached hydrogen (secondary N) is 1. The van der Waals surface area contributed by atoms with Crippen molar-refractivity contribution < 1.29 is 4.74 Å². The van der Waals surface area contributed by atoms with Crippen molar-refractivity contribution in [3.63, 3.8) is 0 Å². The van der Waals surface area contributed by atoms with Crippen LogP contribution in [0.4, 0.5) is 5.95 Å². The Labute approximate surface area is 161 Å². The molecule has 0 saturated carbocycles. The van der Waals surface area contributed by atoms with E-state index in [9.17, 15) is 0 Å². The van der Waals surface area contributed by atoms with Crippen molar-refractivity contribution in [3.05, 3.63) is 76.3 Å². The second-order valence-electron chi connectivity index (χ2n) is 5.85. The molecule has 1 aromatic heterocycles. The van der Waals surface area contributed by atoms with Gasteiger partial charge < -0.3 is 10.1 Å². The van der Waals surface area contributed by atoms with E-state index >= 15 is 0 Å². The maximum atomic E-state index is 6.03. The summed E-state index contributed by atoms with van der Waals surface area (Å²) in [4.78, 5) is 0. The summed E-state index contributed by atoms with van der Waals surface area (Å²) in [5.74, 6) is 1.42. The first-order valence-corrected chi connectivity index (χ1v) is 9.02. The van der Waals surface area contributed by atoms with Gasteiger partial charge in [0.05, 0.1) is 6.54 Å². The highest BCUT2D eigenvalue weighted by atomic mass is 79.9. The Morgan fingerprint density at radius 2 is 2.04 bits per heavy atom. The van der Waals surface area contributed by atoms with E-state index in [1.54, 1.807) is 10.8 Å². The molecule has 2 aromatic carbocycles. The monoisotopic (exact) mass is 413 g/mol. The van der Waals surface area contributed by atoms with E-state index in [1.807, 2.05) is 18.2 Å². The number of ether oxygens (including phenoxy) is 1. The molecule has 3 rings (SSSR count). The van der Waals surface area contributed by atoms with Gasteiger partial charge >= 0.3 is 0 Å². The number of benzene rings is 2. The predicted molar refractivity (Wildman–Crippen MR) is 105 cm³/mol. The van der Waals surface area contributed by atoms with Gasteiger partial charge in [0.1, 0.15) is 12.4 Å². The van der Waals surface area contributed by atoms with Gasteiger partial charge in [-0.05, 0) is 41.1 Å². The van der Waals surface area contributed by atoms with Crippen molar-refractivity contribution in [2.24, 2.45) is 0 Å². The maximum Gasteiger partial charge on any atom is 0.243 e. The molecule has 0 saturated heterocycles. The third kappa shape index (κ3) is 4.70. The van der Waals surface area contributed by atoms with Crippen molar-refractivity contribution in [3.8, 4) is 5.75 Å². The third-order valence-electron chi connectivity index (χ3n) is 3.81. The normalized spacial score (nSPS) is 10.5. The van der Waals surface area contributed by atoms with Crippen LogP contribution in [0.1, 0.15) is 16.7 Å². The lowest BCUT2D eigenvalue weighted by Gasteiger charge is -2.13. The fourth-order valence-corrected chi connectivity index (χ4v) is 2.83. The highest BCUT2D eigenvalue weighted by Crippen LogP contribution is 2.25. The lowest BCUT2D eigenvalue weighted by molar-refractivity contribution is 0.303. The molecular formula is C19H20BrN5O. The summed E-state index contributed by atoms with van der Waals surface area (Å²) < 4.78 is 8.67. The number of halogens is 1. The molecule has 0 spiro atoms. The van der Waals surface area contributed by atoms with Crippen molar-refractivity contribution in [1.29, 1.82) is 0 Å². The quantitative estimate of drug-likeness (QED) is 0.562. The number of hydrogen-bond donors (Lipinski definition) is 1. The summed E-state index contributed by atoms with van der Waals surface area (Å²) in [7, 11) is 0. The molecular weight excluding hydrogens is 394 g/mol. The number of tetrazole rings is 1. The molecule has 0 fully saturated rings. The van der Waals surface area contributed by atoms with Crippen LogP contribution in [0.5, 0.6) is 5.75 Å². The molecule has 6 nitrogen and oxygen atoms in total. The summed E-state index contributed by atoms with van der Waals surface area (Å²) in [5, 5.41) is 14.9. The minimum absolute atomic E-state index is 0.517. The van der Waals surface area contributed by atoms with Crippen molar-refractivity contribution in [1.82, 2.24) is 20.2 Å². The Morgan fingerprint density at radius 1 is 1.23 bits per heavy atom. The van der Waals surface area contributed by atoms with Gasteiger partial charge in [-0.1, -0.05) is 56.9 Å². The smallest absolute Gasteiger partial charge is 0.243 e.